The number of thioether (sulfide) groups is 1. The van der Waals surface area contributed by atoms with Crippen molar-refractivity contribution in [3.8, 4) is 0 Å². The van der Waals surface area contributed by atoms with E-state index < -0.39 is 0 Å². The predicted molar refractivity (Wildman–Crippen MR) is 135 cm³/mol. The average Bonchev–Trinajstić information content (AvgIpc) is 3.31. The number of allylic oxidation sites excluding steroid dienone is 4. The van der Waals surface area contributed by atoms with Crippen molar-refractivity contribution in [2.45, 2.75) is 25.3 Å². The Labute approximate surface area is 214 Å². The molecule has 0 fully saturated rings. The van der Waals surface area contributed by atoms with Gasteiger partial charge >= 0.3 is 0 Å². The fourth-order valence-corrected chi connectivity index (χ4v) is 5.62. The molecule has 160 valence electrons. The molecule has 0 saturated heterocycles. The second kappa shape index (κ2) is 12.9. The van der Waals surface area contributed by atoms with E-state index in [0.29, 0.717) is 0 Å². The fourth-order valence-electron chi connectivity index (χ4n) is 3.35. The van der Waals surface area contributed by atoms with Crippen LogP contribution in [0.5, 0.6) is 0 Å². The average molecular weight is 578 g/mol. The lowest BCUT2D eigenvalue weighted by atomic mass is 10.3. The molecule has 0 spiro atoms. The van der Waals surface area contributed by atoms with Gasteiger partial charge in [0, 0.05) is 23.6 Å². The van der Waals surface area contributed by atoms with Crippen LogP contribution in [0.1, 0.15) is 18.9 Å². The zero-order chi connectivity index (χ0) is 21.3. The number of aromatic nitrogens is 1. The number of aryl methyl sites for hydroxylation is 1. The molecule has 31 heavy (non-hydrogen) atoms. The molecule has 0 atom stereocenters. The van der Waals surface area contributed by atoms with Gasteiger partial charge in [0.05, 0.1) is 15.9 Å². The Morgan fingerprint density at radius 2 is 1.77 bits per heavy atom. The molecule has 0 unspecified atom stereocenters. The molecule has 4 rings (SSSR count). The van der Waals surface area contributed by atoms with Crippen LogP contribution < -0.4 is 33.4 Å². The third-order valence-electron chi connectivity index (χ3n) is 4.61. The van der Waals surface area contributed by atoms with E-state index in [-0.39, 0.29) is 24.0 Å². The summed E-state index contributed by atoms with van der Waals surface area (Å²) >= 11 is 7.49. The Morgan fingerprint density at radius 3 is 2.52 bits per heavy atom. The number of benzene rings is 2. The van der Waals surface area contributed by atoms with Gasteiger partial charge in [-0.25, -0.2) is 5.41 Å². The lowest BCUT2D eigenvalue weighted by Gasteiger charge is -2.17. The highest BCUT2D eigenvalue weighted by Crippen LogP contribution is 2.45. The molecule has 0 bridgehead atoms. The van der Waals surface area contributed by atoms with E-state index in [0.717, 1.165) is 13.1 Å². The van der Waals surface area contributed by atoms with E-state index in [1.165, 1.54) is 30.8 Å². The largest absolute Gasteiger partial charge is 1.00 e. The summed E-state index contributed by atoms with van der Waals surface area (Å²) in [6, 6.07) is 17.2. The molecule has 0 amide bonds. The van der Waals surface area contributed by atoms with Gasteiger partial charge in [0.1, 0.15) is 11.2 Å². The summed E-state index contributed by atoms with van der Waals surface area (Å²) in [6.45, 7) is 6.37. The first-order chi connectivity index (χ1) is 14.7. The molecule has 0 saturated carbocycles. The minimum absolute atomic E-state index is 0. The molecule has 0 aliphatic carbocycles. The third-order valence-corrected chi connectivity index (χ3v) is 6.87. The summed E-state index contributed by atoms with van der Waals surface area (Å²) in [5.41, 5.74) is 2.63. The van der Waals surface area contributed by atoms with Gasteiger partial charge in [-0.1, -0.05) is 65.6 Å². The number of nitrogens with one attached hydrogen (secondary N) is 1. The van der Waals surface area contributed by atoms with Gasteiger partial charge in [0.2, 0.25) is 5.52 Å². The van der Waals surface area contributed by atoms with Crippen LogP contribution in [0.15, 0.2) is 82.8 Å². The summed E-state index contributed by atoms with van der Waals surface area (Å²) in [5, 5.41) is 9.93. The number of thiazole rings is 1. The third kappa shape index (κ3) is 6.14. The molecule has 2 heterocycles. The maximum atomic E-state index is 5.77. The Morgan fingerprint density at radius 1 is 1.06 bits per heavy atom. The molecular weight excluding hydrogens is 553 g/mol. The van der Waals surface area contributed by atoms with Gasteiger partial charge in [-0.2, -0.15) is 4.57 Å². The number of halogens is 1. The molecule has 1 N–H and O–H groups in total. The SMILES string of the molecule is CCN1\C(=C/C=C/C=C/c2sc3ccccc3[n+]2CC)Sc2ccccc21.N=C=S.[I-]. The van der Waals surface area contributed by atoms with E-state index >= 15 is 0 Å². The summed E-state index contributed by atoms with van der Waals surface area (Å²) in [5.74, 6) is 0. The Hall–Kier alpha value is -1.77. The Bertz CT molecular complexity index is 1140. The molecule has 3 aromatic rings. The molecule has 1 aliphatic rings. The lowest BCUT2D eigenvalue weighted by Crippen LogP contribution is -3.00. The number of anilines is 1. The van der Waals surface area contributed by atoms with Crippen molar-refractivity contribution in [1.82, 2.24) is 0 Å². The topological polar surface area (TPSA) is 31.0 Å². The van der Waals surface area contributed by atoms with Gasteiger partial charge < -0.3 is 28.9 Å². The normalized spacial score (nSPS) is 13.9. The van der Waals surface area contributed by atoms with Crippen LogP contribution in [0.2, 0.25) is 0 Å². The van der Waals surface area contributed by atoms with Gasteiger partial charge in [-0.15, -0.1) is 0 Å². The standard InChI is InChI=1S/C23H23N2S2.CHNS.HI/c1-3-24-18-12-8-10-14-20(18)26-22(24)16-6-5-7-17-23-25(4-2)19-13-9-11-15-21(19)27-23;2-1-3;/h5-17H,3-4H2,1-2H3;2H;1H/q+1;;/p-1. The molecule has 1 aromatic heterocycles. The van der Waals surface area contributed by atoms with Crippen molar-refractivity contribution in [3.63, 3.8) is 0 Å². The highest BCUT2D eigenvalue weighted by atomic mass is 127. The molecule has 3 nitrogen and oxygen atoms in total. The van der Waals surface area contributed by atoms with E-state index in [4.69, 9.17) is 5.41 Å². The Kier molecular flexibility index (Phi) is 10.6. The summed E-state index contributed by atoms with van der Waals surface area (Å²) in [4.78, 5) is 3.70. The fraction of sp³-hybridized carbons (Fsp3) is 0.167. The molecule has 7 heteroatoms. The maximum Gasteiger partial charge on any atom is 0.262 e. The summed E-state index contributed by atoms with van der Waals surface area (Å²) in [7, 11) is 0. The van der Waals surface area contributed by atoms with Gasteiger partial charge in [0.25, 0.3) is 5.01 Å². The first kappa shape index (κ1) is 25.5. The van der Waals surface area contributed by atoms with Crippen LogP contribution in [0.3, 0.4) is 0 Å². The number of fused-ring (bicyclic) bond motifs is 2. The number of para-hydroxylation sites is 2. The van der Waals surface area contributed by atoms with Gasteiger partial charge in [0.15, 0.2) is 0 Å². The van der Waals surface area contributed by atoms with Gasteiger partial charge in [-0.3, -0.25) is 0 Å². The second-order valence-electron chi connectivity index (χ2n) is 6.32. The molecular formula is C24H24IN3S3. The van der Waals surface area contributed by atoms with Crippen LogP contribution in [0.25, 0.3) is 16.3 Å². The zero-order valence-corrected chi connectivity index (χ0v) is 22.0. The number of hydrogen-bond acceptors (Lipinski definition) is 5. The maximum absolute atomic E-state index is 5.77. The zero-order valence-electron chi connectivity index (χ0n) is 17.4. The van der Waals surface area contributed by atoms with Crippen LogP contribution in [-0.2, 0) is 6.54 Å². The number of nitrogens with zero attached hydrogens (tertiary/aromatic N) is 2. The van der Waals surface area contributed by atoms with Crippen molar-refractivity contribution in [2.24, 2.45) is 0 Å². The Balaban J connectivity index is 0.000000808. The second-order valence-corrected chi connectivity index (χ2v) is 8.65. The molecule has 0 radical (unpaired) electrons. The van der Waals surface area contributed by atoms with Crippen molar-refractivity contribution in [1.29, 1.82) is 5.41 Å². The van der Waals surface area contributed by atoms with E-state index in [1.807, 2.05) is 23.1 Å². The molecule has 1 aliphatic heterocycles. The highest BCUT2D eigenvalue weighted by molar-refractivity contribution is 8.03. The van der Waals surface area contributed by atoms with E-state index in [2.05, 4.69) is 114 Å². The minimum Gasteiger partial charge on any atom is -1.00 e. The van der Waals surface area contributed by atoms with Crippen molar-refractivity contribution < 1.29 is 28.5 Å². The molecule has 2 aromatic carbocycles. The van der Waals surface area contributed by atoms with E-state index in [9.17, 15) is 0 Å². The smallest absolute Gasteiger partial charge is 0.262 e. The number of thiocarbonyl (C=S) groups is 1. The monoisotopic (exact) mass is 577 g/mol. The van der Waals surface area contributed by atoms with Crippen molar-refractivity contribution >= 4 is 62.5 Å². The van der Waals surface area contributed by atoms with Crippen molar-refractivity contribution in [3.05, 3.63) is 82.9 Å². The quantitative estimate of drug-likeness (QED) is 0.164. The first-order valence-corrected chi connectivity index (χ1v) is 11.8. The van der Waals surface area contributed by atoms with Crippen LogP contribution >= 0.6 is 35.3 Å². The van der Waals surface area contributed by atoms with Gasteiger partial charge in [-0.05, 0) is 50.3 Å². The van der Waals surface area contributed by atoms with E-state index in [1.54, 1.807) is 5.16 Å². The van der Waals surface area contributed by atoms with Crippen molar-refractivity contribution in [2.75, 3.05) is 11.4 Å². The van der Waals surface area contributed by atoms with Crippen LogP contribution in [0, 0.1) is 5.41 Å². The summed E-state index contributed by atoms with van der Waals surface area (Å²) in [6.07, 6.45) is 10.8. The number of isothiocyanates is 1. The summed E-state index contributed by atoms with van der Waals surface area (Å²) < 4.78 is 3.70. The lowest BCUT2D eigenvalue weighted by molar-refractivity contribution is -0.665. The predicted octanol–water partition coefficient (Wildman–Crippen LogP) is 3.92. The highest BCUT2D eigenvalue weighted by Gasteiger charge is 2.22. The van der Waals surface area contributed by atoms with Crippen LogP contribution in [0.4, 0.5) is 5.69 Å². The first-order valence-electron chi connectivity index (χ1n) is 9.78. The minimum atomic E-state index is 0. The van der Waals surface area contributed by atoms with Crippen LogP contribution in [-0.4, -0.2) is 11.7 Å². The number of hydrogen-bond donors (Lipinski definition) is 1. The number of rotatable bonds is 5.